The number of imide groups is 1. The highest BCUT2D eigenvalue weighted by Gasteiger charge is 2.48. The minimum atomic E-state index is -1.86. The zero-order valence-corrected chi connectivity index (χ0v) is 26.4. The van der Waals surface area contributed by atoms with Gasteiger partial charge in [-0.25, -0.2) is 9.69 Å². The first-order valence-electron chi connectivity index (χ1n) is 15.3. The van der Waals surface area contributed by atoms with E-state index < -0.39 is 35.8 Å². The Morgan fingerprint density at radius 3 is 2.09 bits per heavy atom. The molecule has 1 aliphatic heterocycles. The van der Waals surface area contributed by atoms with E-state index in [2.05, 4.69) is 17.6 Å². The van der Waals surface area contributed by atoms with E-state index in [-0.39, 0.29) is 22.2 Å². The van der Waals surface area contributed by atoms with Crippen LogP contribution < -0.4 is 15.4 Å². The molecule has 0 aromatic heterocycles. The second-order valence-electron chi connectivity index (χ2n) is 10.9. The summed E-state index contributed by atoms with van der Waals surface area (Å²) in [6.45, 7) is 3.57. The maximum absolute atomic E-state index is 13.5. The van der Waals surface area contributed by atoms with E-state index in [1.807, 2.05) is 0 Å². The Kier molecular flexibility index (Phi) is 13.7. The molecule has 1 saturated heterocycles. The molecule has 1 aliphatic rings. The number of Topliss-reactive ketones (excluding diaryl/α,β-unsaturated/α-hetero) is 1. The van der Waals surface area contributed by atoms with Crippen LogP contribution in [-0.4, -0.2) is 53.8 Å². The normalized spacial score (nSPS) is 15.1. The molecule has 2 unspecified atom stereocenters. The van der Waals surface area contributed by atoms with Crippen molar-refractivity contribution < 1.29 is 33.4 Å². The number of ether oxygens (including phenoxy) is 2. The zero-order chi connectivity index (χ0) is 32.1. The third-order valence-electron chi connectivity index (χ3n) is 7.45. The van der Waals surface area contributed by atoms with E-state index in [0.717, 1.165) is 19.3 Å². The smallest absolute Gasteiger partial charge is 0.418 e. The van der Waals surface area contributed by atoms with Crippen LogP contribution in [-0.2, 0) is 19.1 Å². The fourth-order valence-corrected chi connectivity index (χ4v) is 5.10. The maximum atomic E-state index is 13.5. The number of ketones is 1. The van der Waals surface area contributed by atoms with E-state index in [9.17, 15) is 24.0 Å². The second kappa shape index (κ2) is 17.4. The number of halogens is 1. The lowest BCUT2D eigenvalue weighted by Gasteiger charge is -2.23. The van der Waals surface area contributed by atoms with Crippen LogP contribution in [0.2, 0.25) is 5.02 Å². The maximum Gasteiger partial charge on any atom is 0.418 e. The van der Waals surface area contributed by atoms with Gasteiger partial charge >= 0.3 is 6.09 Å². The summed E-state index contributed by atoms with van der Waals surface area (Å²) in [6.07, 6.45) is 9.77. The lowest BCUT2D eigenvalue weighted by Crippen LogP contribution is -2.52. The monoisotopic (exact) mass is 627 g/mol. The molecule has 1 fully saturated rings. The number of benzene rings is 2. The van der Waals surface area contributed by atoms with Crippen LogP contribution in [0.3, 0.4) is 0 Å². The minimum Gasteiger partial charge on any atom is -0.497 e. The van der Waals surface area contributed by atoms with Gasteiger partial charge in [0.15, 0.2) is 17.9 Å². The Labute approximate surface area is 263 Å². The lowest BCUT2D eigenvalue weighted by molar-refractivity contribution is -0.133. The summed E-state index contributed by atoms with van der Waals surface area (Å²) in [6, 6.07) is 8.57. The van der Waals surface area contributed by atoms with Gasteiger partial charge in [0.25, 0.3) is 11.8 Å². The average molecular weight is 628 g/mol. The van der Waals surface area contributed by atoms with E-state index in [1.54, 1.807) is 6.07 Å². The van der Waals surface area contributed by atoms with Crippen LogP contribution in [0.4, 0.5) is 16.2 Å². The van der Waals surface area contributed by atoms with Gasteiger partial charge in [-0.15, -0.1) is 0 Å². The van der Waals surface area contributed by atoms with Crippen LogP contribution in [0.25, 0.3) is 0 Å². The Morgan fingerprint density at radius 2 is 1.52 bits per heavy atom. The van der Waals surface area contributed by atoms with Crippen LogP contribution in [0.1, 0.15) is 94.8 Å². The molecular formula is C33H42ClN3O7. The Morgan fingerprint density at radius 1 is 0.909 bits per heavy atom. The van der Waals surface area contributed by atoms with E-state index in [1.165, 1.54) is 95.4 Å². The molecule has 238 valence electrons. The molecule has 2 aromatic carbocycles. The number of anilines is 2. The molecule has 0 aliphatic carbocycles. The zero-order valence-electron chi connectivity index (χ0n) is 25.7. The number of unbranched alkanes of at least 4 members (excludes halogenated alkanes) is 9. The summed E-state index contributed by atoms with van der Waals surface area (Å²) in [5, 5.41) is 5.49. The van der Waals surface area contributed by atoms with Gasteiger partial charge in [0.05, 0.1) is 17.8 Å². The number of cyclic esters (lactones) is 1. The highest BCUT2D eigenvalue weighted by Crippen LogP contribution is 2.28. The first-order valence-corrected chi connectivity index (χ1v) is 15.7. The molecule has 2 aromatic rings. The van der Waals surface area contributed by atoms with Crippen molar-refractivity contribution in [3.05, 3.63) is 53.1 Å². The van der Waals surface area contributed by atoms with Crippen molar-refractivity contribution in [2.75, 3.05) is 17.7 Å². The predicted octanol–water partition coefficient (Wildman–Crippen LogP) is 7.16. The molecule has 0 spiro atoms. The van der Waals surface area contributed by atoms with Crippen molar-refractivity contribution in [2.24, 2.45) is 0 Å². The fourth-order valence-electron chi connectivity index (χ4n) is 4.94. The summed E-state index contributed by atoms with van der Waals surface area (Å²) in [4.78, 5) is 65.4. The number of rotatable bonds is 18. The van der Waals surface area contributed by atoms with Crippen LogP contribution in [0, 0.1) is 0 Å². The van der Waals surface area contributed by atoms with E-state index in [0.29, 0.717) is 22.8 Å². The van der Waals surface area contributed by atoms with Gasteiger partial charge in [0.1, 0.15) is 5.75 Å². The second-order valence-corrected chi connectivity index (χ2v) is 11.3. The summed E-state index contributed by atoms with van der Waals surface area (Å²) in [5.74, 6) is -2.29. The summed E-state index contributed by atoms with van der Waals surface area (Å²) in [5.41, 5.74) is 0.560. The summed E-state index contributed by atoms with van der Waals surface area (Å²) >= 11 is 6.33. The molecule has 2 N–H and O–H groups in total. The van der Waals surface area contributed by atoms with Gasteiger partial charge in [-0.2, -0.15) is 0 Å². The highest BCUT2D eigenvalue weighted by molar-refractivity contribution is 6.34. The topological polar surface area (TPSA) is 131 Å². The first kappa shape index (κ1) is 34.6. The van der Waals surface area contributed by atoms with Crippen molar-refractivity contribution in [3.8, 4) is 5.75 Å². The Bertz CT molecular complexity index is 1310. The molecule has 10 nitrogen and oxygen atoms in total. The molecular weight excluding hydrogens is 586 g/mol. The molecule has 1 heterocycles. The average Bonchev–Trinajstić information content (AvgIpc) is 3.26. The number of nitrogens with one attached hydrogen (secondary N) is 2. The number of amides is 4. The van der Waals surface area contributed by atoms with Crippen LogP contribution in [0.15, 0.2) is 42.5 Å². The van der Waals surface area contributed by atoms with Gasteiger partial charge < -0.3 is 20.1 Å². The van der Waals surface area contributed by atoms with E-state index >= 15 is 0 Å². The van der Waals surface area contributed by atoms with Crippen molar-refractivity contribution in [1.82, 2.24) is 4.90 Å². The number of nitrogens with zero attached hydrogens (tertiary/aromatic N) is 1. The third kappa shape index (κ3) is 9.80. The molecule has 3 rings (SSSR count). The van der Waals surface area contributed by atoms with Gasteiger partial charge in [-0.05, 0) is 55.8 Å². The van der Waals surface area contributed by atoms with Crippen LogP contribution in [0.5, 0.6) is 5.75 Å². The number of hydrogen-bond donors (Lipinski definition) is 2. The van der Waals surface area contributed by atoms with Crippen molar-refractivity contribution in [3.63, 3.8) is 0 Å². The molecule has 0 bridgehead atoms. The number of methoxy groups -OCH3 is 1. The highest BCUT2D eigenvalue weighted by atomic mass is 35.5. The van der Waals surface area contributed by atoms with Gasteiger partial charge in [-0.3, -0.25) is 19.2 Å². The quantitative estimate of drug-likeness (QED) is 0.102. The number of hydrogen-bond acceptors (Lipinski definition) is 7. The van der Waals surface area contributed by atoms with E-state index in [4.69, 9.17) is 21.1 Å². The van der Waals surface area contributed by atoms with Crippen molar-refractivity contribution in [2.45, 2.75) is 96.6 Å². The number of carbonyl (C=O) groups is 5. The molecule has 2 atom stereocenters. The van der Waals surface area contributed by atoms with Gasteiger partial charge in [-0.1, -0.05) is 76.3 Å². The molecule has 11 heteroatoms. The van der Waals surface area contributed by atoms with Gasteiger partial charge in [0.2, 0.25) is 5.91 Å². The Hall–Kier alpha value is -3.92. The Balaban J connectivity index is 1.62. The van der Waals surface area contributed by atoms with Crippen molar-refractivity contribution >= 4 is 52.6 Å². The first-order chi connectivity index (χ1) is 21.2. The standard InChI is InChI=1S/C33H42ClN3O7/c1-4-5-6-7-8-9-10-11-12-13-14-28(38)35-24-17-20-26(34)27(21-24)36-31(40)29(37-32(41)22(2)44-33(37)42)30(39)23-15-18-25(43-3)19-16-23/h15-22,29H,4-14H2,1-3H3,(H,35,38)(H,36,40). The summed E-state index contributed by atoms with van der Waals surface area (Å²) in [7, 11) is 1.46. The molecule has 4 amide bonds. The number of carbonyl (C=O) groups excluding carboxylic acids is 5. The molecule has 44 heavy (non-hydrogen) atoms. The summed E-state index contributed by atoms with van der Waals surface area (Å²) < 4.78 is 10.1. The van der Waals surface area contributed by atoms with Crippen molar-refractivity contribution in [1.29, 1.82) is 0 Å². The molecule has 0 saturated carbocycles. The van der Waals surface area contributed by atoms with Gasteiger partial charge in [0, 0.05) is 17.7 Å². The third-order valence-corrected chi connectivity index (χ3v) is 7.78. The predicted molar refractivity (Wildman–Crippen MR) is 169 cm³/mol. The lowest BCUT2D eigenvalue weighted by atomic mass is 10.0. The largest absolute Gasteiger partial charge is 0.497 e. The van der Waals surface area contributed by atoms with Crippen LogP contribution >= 0.6 is 11.6 Å². The SMILES string of the molecule is CCCCCCCCCCCCC(=O)Nc1ccc(Cl)c(NC(=O)C(C(=O)c2ccc(OC)cc2)N2C(=O)OC(C)C2=O)c1. The fraction of sp³-hybridized carbons (Fsp3) is 0.485. The molecule has 0 radical (unpaired) electrons. The minimum absolute atomic E-state index is 0.0742.